The first-order chi connectivity index (χ1) is 19.8. The van der Waals surface area contributed by atoms with Crippen LogP contribution in [0.15, 0.2) is 104 Å². The Morgan fingerprint density at radius 1 is 0.571 bits per heavy atom. The third-order valence-electron chi connectivity index (χ3n) is 7.15. The Morgan fingerprint density at radius 2 is 0.905 bits per heavy atom. The van der Waals surface area contributed by atoms with Crippen molar-refractivity contribution in [2.45, 2.75) is 64.5 Å². The molecule has 218 valence electrons. The van der Waals surface area contributed by atoms with Crippen molar-refractivity contribution in [3.8, 4) is 11.5 Å². The number of rotatable bonds is 7. The Hall–Kier alpha value is -3.22. The summed E-state index contributed by atoms with van der Waals surface area (Å²) < 4.78 is 1.75. The van der Waals surface area contributed by atoms with Gasteiger partial charge in [-0.05, 0) is 46.2 Å². The maximum Gasteiger partial charge on any atom is 0.128 e. The molecule has 0 aliphatic rings. The molecule has 0 aliphatic carbocycles. The third kappa shape index (κ3) is 7.59. The maximum absolute atomic E-state index is 11.2. The van der Waals surface area contributed by atoms with E-state index >= 15 is 0 Å². The van der Waals surface area contributed by atoms with Crippen LogP contribution in [-0.4, -0.2) is 22.6 Å². The molecule has 0 aliphatic heterocycles. The molecule has 0 saturated heterocycles. The molecule has 0 saturated carbocycles. The average molecular weight is 691 g/mol. The minimum Gasteiger partial charge on any atom is -0.507 e. The summed E-state index contributed by atoms with van der Waals surface area (Å²) in [7, 11) is 0. The summed E-state index contributed by atoms with van der Waals surface area (Å²) in [5, 5.41) is 22.4. The van der Waals surface area contributed by atoms with Crippen LogP contribution in [0.5, 0.6) is 11.5 Å². The van der Waals surface area contributed by atoms with Crippen molar-refractivity contribution in [2.24, 2.45) is 9.98 Å². The second-order valence-corrected chi connectivity index (χ2v) is 14.4. The molecule has 0 fully saturated rings. The second-order valence-electron chi connectivity index (χ2n) is 12.5. The lowest BCUT2D eigenvalue weighted by atomic mass is 9.85. The molecule has 2 atom stereocenters. The lowest BCUT2D eigenvalue weighted by Crippen LogP contribution is -2.13. The SMILES string of the molecule is CC(C)(C)c1cc(Br)cc(C=N[C@H](c2ccccc2)[C@H](N=Cc2cc(Br)cc(C(C)(C)C)c2O)c2ccccc2)c1O. The van der Waals surface area contributed by atoms with Crippen LogP contribution >= 0.6 is 31.9 Å². The van der Waals surface area contributed by atoms with Gasteiger partial charge in [0.1, 0.15) is 23.6 Å². The summed E-state index contributed by atoms with van der Waals surface area (Å²) in [5.74, 6) is 0.435. The molecule has 4 aromatic rings. The zero-order valence-electron chi connectivity index (χ0n) is 24.9. The standard InChI is InChI=1S/C36H38Br2N2O2/c1-35(2,3)29-19-27(37)17-25(33(29)41)21-39-31(23-13-9-7-10-14-23)32(24-15-11-8-12-16-24)40-22-26-18-28(38)20-30(34(26)42)36(4,5)6/h7-22,31-32,41-42H,1-6H3/t31-,32-/m1/s1. The largest absolute Gasteiger partial charge is 0.507 e. The predicted octanol–water partition coefficient (Wildman–Crippen LogP) is 10.2. The summed E-state index contributed by atoms with van der Waals surface area (Å²) in [6.45, 7) is 12.4. The summed E-state index contributed by atoms with van der Waals surface area (Å²) in [5.41, 5.74) is 4.42. The number of halogens is 2. The molecule has 4 rings (SSSR count). The third-order valence-corrected chi connectivity index (χ3v) is 8.07. The van der Waals surface area contributed by atoms with E-state index in [4.69, 9.17) is 9.98 Å². The molecule has 4 nitrogen and oxygen atoms in total. The number of hydrogen-bond acceptors (Lipinski definition) is 4. The zero-order chi connectivity index (χ0) is 30.7. The van der Waals surface area contributed by atoms with E-state index in [1.54, 1.807) is 12.4 Å². The van der Waals surface area contributed by atoms with Gasteiger partial charge >= 0.3 is 0 Å². The van der Waals surface area contributed by atoms with Crippen LogP contribution in [0.3, 0.4) is 0 Å². The van der Waals surface area contributed by atoms with Crippen molar-refractivity contribution in [1.29, 1.82) is 0 Å². The van der Waals surface area contributed by atoms with Gasteiger partial charge in [-0.1, -0.05) is 134 Å². The molecule has 0 unspecified atom stereocenters. The molecule has 0 bridgehead atoms. The smallest absolute Gasteiger partial charge is 0.128 e. The van der Waals surface area contributed by atoms with Gasteiger partial charge in [0.15, 0.2) is 0 Å². The van der Waals surface area contributed by atoms with Gasteiger partial charge < -0.3 is 10.2 Å². The van der Waals surface area contributed by atoms with E-state index in [9.17, 15) is 10.2 Å². The molecular formula is C36H38Br2N2O2. The summed E-state index contributed by atoms with van der Waals surface area (Å²) in [4.78, 5) is 10.2. The van der Waals surface area contributed by atoms with Crippen LogP contribution in [0.4, 0.5) is 0 Å². The van der Waals surface area contributed by atoms with Crippen molar-refractivity contribution in [3.63, 3.8) is 0 Å². The number of phenolic OH excluding ortho intramolecular Hbond substituents is 2. The van der Waals surface area contributed by atoms with Gasteiger partial charge in [0.05, 0.1) is 0 Å². The molecule has 0 aromatic heterocycles. The highest BCUT2D eigenvalue weighted by molar-refractivity contribution is 9.10. The van der Waals surface area contributed by atoms with E-state index in [0.717, 1.165) is 31.2 Å². The normalized spacial score (nSPS) is 14.0. The maximum atomic E-state index is 11.2. The minimum atomic E-state index is -0.405. The molecule has 6 heteroatoms. The number of nitrogens with zero attached hydrogens (tertiary/aromatic N) is 2. The van der Waals surface area contributed by atoms with Crippen molar-refractivity contribution in [2.75, 3.05) is 0 Å². The van der Waals surface area contributed by atoms with Crippen LogP contribution in [0.1, 0.15) is 87.0 Å². The van der Waals surface area contributed by atoms with Crippen molar-refractivity contribution < 1.29 is 10.2 Å². The van der Waals surface area contributed by atoms with Crippen molar-refractivity contribution >= 4 is 44.3 Å². The van der Waals surface area contributed by atoms with Gasteiger partial charge in [-0.25, -0.2) is 0 Å². The number of aromatic hydroxyl groups is 2. The highest BCUT2D eigenvalue weighted by Gasteiger charge is 2.26. The van der Waals surface area contributed by atoms with Crippen molar-refractivity contribution in [3.05, 3.63) is 127 Å². The zero-order valence-corrected chi connectivity index (χ0v) is 28.1. The van der Waals surface area contributed by atoms with E-state index in [2.05, 4.69) is 73.4 Å². The summed E-state index contributed by atoms with van der Waals surface area (Å²) in [6, 6.07) is 27.0. The van der Waals surface area contributed by atoms with E-state index in [1.807, 2.05) is 84.9 Å². The van der Waals surface area contributed by atoms with Crippen molar-refractivity contribution in [1.82, 2.24) is 0 Å². The Labute approximate surface area is 266 Å². The first kappa shape index (κ1) is 31.7. The fourth-order valence-corrected chi connectivity index (χ4v) is 5.85. The van der Waals surface area contributed by atoms with Gasteiger partial charge in [0.25, 0.3) is 0 Å². The molecule has 0 spiro atoms. The number of phenols is 2. The van der Waals surface area contributed by atoms with E-state index < -0.39 is 12.1 Å². The van der Waals surface area contributed by atoms with E-state index in [0.29, 0.717) is 11.1 Å². The summed E-state index contributed by atoms with van der Waals surface area (Å²) >= 11 is 7.23. The highest BCUT2D eigenvalue weighted by atomic mass is 79.9. The molecule has 42 heavy (non-hydrogen) atoms. The Kier molecular flexibility index (Phi) is 9.79. The van der Waals surface area contributed by atoms with Crippen LogP contribution in [0.25, 0.3) is 0 Å². The minimum absolute atomic E-state index is 0.217. The van der Waals surface area contributed by atoms with Crippen LogP contribution in [-0.2, 0) is 10.8 Å². The quantitative estimate of drug-likeness (QED) is 0.190. The molecule has 2 N–H and O–H groups in total. The summed E-state index contributed by atoms with van der Waals surface area (Å²) in [6.07, 6.45) is 3.49. The van der Waals surface area contributed by atoms with Crippen LogP contribution in [0.2, 0.25) is 0 Å². The molecule has 0 radical (unpaired) electrons. The molecular weight excluding hydrogens is 652 g/mol. The molecule has 0 heterocycles. The van der Waals surface area contributed by atoms with Crippen LogP contribution in [0, 0.1) is 0 Å². The van der Waals surface area contributed by atoms with Gasteiger partial charge in [0.2, 0.25) is 0 Å². The fourth-order valence-electron chi connectivity index (χ4n) is 4.90. The van der Waals surface area contributed by atoms with Gasteiger partial charge in [-0.15, -0.1) is 0 Å². The van der Waals surface area contributed by atoms with Gasteiger partial charge in [-0.2, -0.15) is 0 Å². The second kappa shape index (κ2) is 13.0. The average Bonchev–Trinajstić information content (AvgIpc) is 2.93. The van der Waals surface area contributed by atoms with E-state index in [-0.39, 0.29) is 22.3 Å². The number of hydrogen-bond donors (Lipinski definition) is 2. The van der Waals surface area contributed by atoms with E-state index in [1.165, 1.54) is 0 Å². The molecule has 0 amide bonds. The highest BCUT2D eigenvalue weighted by Crippen LogP contribution is 2.39. The monoisotopic (exact) mass is 688 g/mol. The fraction of sp³-hybridized carbons (Fsp3) is 0.278. The Balaban J connectivity index is 1.87. The first-order valence-corrected chi connectivity index (χ1v) is 15.6. The number of aliphatic imine (C=N–C) groups is 2. The first-order valence-electron chi connectivity index (χ1n) is 14.0. The van der Waals surface area contributed by atoms with Gasteiger partial charge in [-0.3, -0.25) is 9.98 Å². The predicted molar refractivity (Wildman–Crippen MR) is 183 cm³/mol. The lowest BCUT2D eigenvalue weighted by molar-refractivity contribution is 0.444. The Bertz CT molecular complexity index is 1460. The lowest BCUT2D eigenvalue weighted by Gasteiger charge is -2.24. The van der Waals surface area contributed by atoms with Crippen LogP contribution < -0.4 is 0 Å². The Morgan fingerprint density at radius 3 is 1.21 bits per heavy atom. The molecule has 4 aromatic carbocycles. The van der Waals surface area contributed by atoms with Gasteiger partial charge in [0, 0.05) is 43.6 Å². The topological polar surface area (TPSA) is 65.2 Å². The number of benzene rings is 4.